The first-order valence-corrected chi connectivity index (χ1v) is 10.7. The van der Waals surface area contributed by atoms with Gasteiger partial charge in [-0.25, -0.2) is 15.0 Å². The Hall–Kier alpha value is -3.74. The predicted octanol–water partition coefficient (Wildman–Crippen LogP) is 5.20. The second-order valence-corrected chi connectivity index (χ2v) is 8.37. The molecule has 4 aromatic rings. The van der Waals surface area contributed by atoms with Crippen LogP contribution in [0.15, 0.2) is 60.9 Å². The molecule has 0 amide bonds. The molecule has 5 rings (SSSR count). The lowest BCUT2D eigenvalue weighted by Gasteiger charge is -2.18. The molecule has 1 aliphatic rings. The third-order valence-corrected chi connectivity index (χ3v) is 5.87. The van der Waals surface area contributed by atoms with E-state index in [1.807, 2.05) is 24.4 Å². The second kappa shape index (κ2) is 8.07. The Morgan fingerprint density at radius 3 is 2.53 bits per heavy atom. The minimum absolute atomic E-state index is 0.349. The molecule has 162 valence electrons. The zero-order valence-electron chi connectivity index (χ0n) is 18.4. The van der Waals surface area contributed by atoms with Crippen LogP contribution in [0.4, 0.5) is 15.9 Å². The van der Waals surface area contributed by atoms with Gasteiger partial charge >= 0.3 is 0 Å². The number of halogens is 1. The molecule has 0 spiro atoms. The molecule has 2 aromatic heterocycles. The molecule has 6 nitrogen and oxygen atoms in total. The third-order valence-electron chi connectivity index (χ3n) is 5.87. The van der Waals surface area contributed by atoms with Gasteiger partial charge in [0.15, 0.2) is 11.6 Å². The number of hydrogen-bond acceptors (Lipinski definition) is 5. The lowest BCUT2D eigenvalue weighted by Crippen LogP contribution is -2.22. The lowest BCUT2D eigenvalue weighted by molar-refractivity contribution is 0.537. The van der Waals surface area contributed by atoms with E-state index >= 15 is 0 Å². The number of hydrogen-bond donors (Lipinski definition) is 1. The largest absolute Gasteiger partial charge is 0.363 e. The fraction of sp³-hybridized carbons (Fsp3) is 0.240. The molecule has 0 saturated heterocycles. The number of rotatable bonds is 5. The molecule has 1 N–H and O–H groups in total. The van der Waals surface area contributed by atoms with Crippen LogP contribution in [0, 0.1) is 5.95 Å². The van der Waals surface area contributed by atoms with E-state index in [2.05, 4.69) is 64.4 Å². The number of fused-ring (bicyclic) bond motifs is 1. The number of anilines is 2. The van der Waals surface area contributed by atoms with Crippen LogP contribution in [0.1, 0.15) is 30.9 Å². The molecule has 0 radical (unpaired) electrons. The van der Waals surface area contributed by atoms with Crippen molar-refractivity contribution in [3.8, 4) is 22.8 Å². The first kappa shape index (κ1) is 20.2. The van der Waals surface area contributed by atoms with Gasteiger partial charge in [-0.1, -0.05) is 62.4 Å². The van der Waals surface area contributed by atoms with Crippen molar-refractivity contribution >= 4 is 11.5 Å². The average Bonchev–Trinajstić information content (AvgIpc) is 3.37. The minimum Gasteiger partial charge on any atom is -0.363 e. The first-order chi connectivity index (χ1) is 15.5. The monoisotopic (exact) mass is 428 g/mol. The highest BCUT2D eigenvalue weighted by molar-refractivity contribution is 5.73. The van der Waals surface area contributed by atoms with E-state index in [1.54, 1.807) is 7.05 Å². The summed E-state index contributed by atoms with van der Waals surface area (Å²) in [4.78, 5) is 15.9. The highest BCUT2D eigenvalue weighted by atomic mass is 19.1. The summed E-state index contributed by atoms with van der Waals surface area (Å²) in [5.74, 6) is 2.31. The zero-order chi connectivity index (χ0) is 22.2. The molecule has 3 heterocycles. The van der Waals surface area contributed by atoms with Gasteiger partial charge < -0.3 is 14.8 Å². The number of benzene rings is 2. The first-order valence-electron chi connectivity index (χ1n) is 10.7. The summed E-state index contributed by atoms with van der Waals surface area (Å²) < 4.78 is 15.1. The molecule has 7 heteroatoms. The SMILES string of the molecule is CC(C)c1ccccc1-c1ncc2c(n1)N(Cc1ccc(-c3ncc(F)n3C)cc1)CN2. The highest BCUT2D eigenvalue weighted by Crippen LogP contribution is 2.34. The second-order valence-electron chi connectivity index (χ2n) is 8.37. The summed E-state index contributed by atoms with van der Waals surface area (Å²) in [7, 11) is 1.67. The zero-order valence-corrected chi connectivity index (χ0v) is 18.4. The van der Waals surface area contributed by atoms with Crippen LogP contribution in [0.3, 0.4) is 0 Å². The van der Waals surface area contributed by atoms with Gasteiger partial charge in [0.1, 0.15) is 5.82 Å². The normalized spacial score (nSPS) is 12.8. The Morgan fingerprint density at radius 2 is 1.81 bits per heavy atom. The van der Waals surface area contributed by atoms with Gasteiger partial charge in [0.2, 0.25) is 5.95 Å². The summed E-state index contributed by atoms with van der Waals surface area (Å²) >= 11 is 0. The van der Waals surface area contributed by atoms with Crippen molar-refractivity contribution in [2.45, 2.75) is 26.3 Å². The summed E-state index contributed by atoms with van der Waals surface area (Å²) in [5.41, 5.74) is 5.28. The van der Waals surface area contributed by atoms with Gasteiger partial charge in [0, 0.05) is 24.7 Å². The van der Waals surface area contributed by atoms with Crippen LogP contribution in [0.5, 0.6) is 0 Å². The van der Waals surface area contributed by atoms with Crippen molar-refractivity contribution in [1.29, 1.82) is 0 Å². The molecule has 0 fully saturated rings. The topological polar surface area (TPSA) is 58.9 Å². The van der Waals surface area contributed by atoms with E-state index in [0.717, 1.165) is 34.0 Å². The van der Waals surface area contributed by atoms with Crippen LogP contribution < -0.4 is 10.2 Å². The Kier molecular flexibility index (Phi) is 5.09. The van der Waals surface area contributed by atoms with E-state index in [9.17, 15) is 4.39 Å². The Balaban J connectivity index is 1.40. The Bertz CT molecular complexity index is 1260. The van der Waals surface area contributed by atoms with Crippen molar-refractivity contribution in [1.82, 2.24) is 19.5 Å². The summed E-state index contributed by atoms with van der Waals surface area (Å²) in [6, 6.07) is 16.4. The van der Waals surface area contributed by atoms with Crippen LogP contribution in [-0.4, -0.2) is 26.2 Å². The van der Waals surface area contributed by atoms with Gasteiger partial charge in [-0.15, -0.1) is 0 Å². The van der Waals surface area contributed by atoms with Crippen molar-refractivity contribution in [3.63, 3.8) is 0 Å². The van der Waals surface area contributed by atoms with Crippen molar-refractivity contribution in [3.05, 3.63) is 78.0 Å². The molecule has 1 aliphatic heterocycles. The molecular formula is C25H25FN6. The predicted molar refractivity (Wildman–Crippen MR) is 125 cm³/mol. The summed E-state index contributed by atoms with van der Waals surface area (Å²) in [6.07, 6.45) is 3.11. The molecule has 0 bridgehead atoms. The number of imidazole rings is 1. The standard InChI is InChI=1S/C25H25FN6/c1-16(2)19-6-4-5-7-20(19)23-27-12-21-25(30-23)32(15-29-21)14-17-8-10-18(11-9-17)24-28-13-22(26)31(24)3/h4-13,16,29H,14-15H2,1-3H3. The maximum atomic E-state index is 13.6. The van der Waals surface area contributed by atoms with Crippen molar-refractivity contribution in [2.75, 3.05) is 16.9 Å². The van der Waals surface area contributed by atoms with Crippen molar-refractivity contribution in [2.24, 2.45) is 7.05 Å². The van der Waals surface area contributed by atoms with Gasteiger partial charge in [0.25, 0.3) is 0 Å². The summed E-state index contributed by atoms with van der Waals surface area (Å²) in [5, 5.41) is 3.38. The van der Waals surface area contributed by atoms with Crippen molar-refractivity contribution < 1.29 is 4.39 Å². The van der Waals surface area contributed by atoms with E-state index in [1.165, 1.54) is 16.3 Å². The fourth-order valence-electron chi connectivity index (χ4n) is 4.10. The number of nitrogens with zero attached hydrogens (tertiary/aromatic N) is 5. The maximum absolute atomic E-state index is 13.6. The maximum Gasteiger partial charge on any atom is 0.213 e. The summed E-state index contributed by atoms with van der Waals surface area (Å²) in [6.45, 7) is 5.75. The lowest BCUT2D eigenvalue weighted by atomic mass is 9.97. The van der Waals surface area contributed by atoms with Crippen LogP contribution in [-0.2, 0) is 13.6 Å². The quantitative estimate of drug-likeness (QED) is 0.474. The molecule has 0 aliphatic carbocycles. The van der Waals surface area contributed by atoms with Gasteiger partial charge in [-0.2, -0.15) is 4.39 Å². The smallest absolute Gasteiger partial charge is 0.213 e. The van der Waals surface area contributed by atoms with E-state index in [0.29, 0.717) is 25.0 Å². The average molecular weight is 429 g/mol. The molecule has 0 unspecified atom stereocenters. The third kappa shape index (κ3) is 3.60. The van der Waals surface area contributed by atoms with Crippen LogP contribution in [0.25, 0.3) is 22.8 Å². The fourth-order valence-corrected chi connectivity index (χ4v) is 4.10. The number of nitrogens with one attached hydrogen (secondary N) is 1. The van der Waals surface area contributed by atoms with E-state index < -0.39 is 0 Å². The van der Waals surface area contributed by atoms with Gasteiger partial charge in [0.05, 0.1) is 24.7 Å². The Morgan fingerprint density at radius 1 is 1.03 bits per heavy atom. The van der Waals surface area contributed by atoms with Crippen LogP contribution >= 0.6 is 0 Å². The van der Waals surface area contributed by atoms with Crippen LogP contribution in [0.2, 0.25) is 0 Å². The number of aromatic nitrogens is 4. The van der Waals surface area contributed by atoms with Gasteiger partial charge in [-0.3, -0.25) is 0 Å². The molecule has 32 heavy (non-hydrogen) atoms. The highest BCUT2D eigenvalue weighted by Gasteiger charge is 2.23. The van der Waals surface area contributed by atoms with Gasteiger partial charge in [-0.05, 0) is 17.0 Å². The Labute approximate surface area is 186 Å². The molecule has 2 aromatic carbocycles. The minimum atomic E-state index is -0.349. The molecule has 0 saturated carbocycles. The van der Waals surface area contributed by atoms with E-state index in [4.69, 9.17) is 4.98 Å². The molecular weight excluding hydrogens is 403 g/mol. The molecule has 0 atom stereocenters. The van der Waals surface area contributed by atoms with E-state index in [-0.39, 0.29) is 5.95 Å².